The van der Waals surface area contributed by atoms with Crippen molar-refractivity contribution in [2.24, 2.45) is 0 Å². The third kappa shape index (κ3) is 32.0. The second kappa shape index (κ2) is 33.0. The molecule has 0 bridgehead atoms. The van der Waals surface area contributed by atoms with Gasteiger partial charge in [0, 0.05) is 89.3 Å². The minimum absolute atomic E-state index is 0.0162. The minimum atomic E-state index is -0.866. The SMILES string of the molecule is O=C(CSCCSCCS(=O)CSCCSCSC(=O)CSCCSCCS(=O)CSCO)SCSCO. The monoisotopic (exact) mass is 758 g/mol. The van der Waals surface area contributed by atoms with Gasteiger partial charge in [-0.2, -0.15) is 47.0 Å². The van der Waals surface area contributed by atoms with E-state index in [1.807, 2.05) is 0 Å². The maximum atomic E-state index is 12.1. The Balaban J connectivity index is 3.37. The van der Waals surface area contributed by atoms with Gasteiger partial charge in [0.25, 0.3) is 0 Å². The van der Waals surface area contributed by atoms with Gasteiger partial charge in [-0.05, 0) is 0 Å². The van der Waals surface area contributed by atoms with E-state index in [0.29, 0.717) is 38.3 Å². The van der Waals surface area contributed by atoms with Crippen LogP contribution in [0.1, 0.15) is 0 Å². The molecule has 0 aliphatic heterocycles. The molecule has 2 atom stereocenters. The highest BCUT2D eigenvalue weighted by atomic mass is 32.2. The van der Waals surface area contributed by atoms with Crippen molar-refractivity contribution < 1.29 is 28.2 Å². The molecule has 2 unspecified atom stereocenters. The maximum Gasteiger partial charge on any atom is 0.199 e. The summed E-state index contributed by atoms with van der Waals surface area (Å²) >= 11 is 15.5. The molecule has 0 saturated heterocycles. The fourth-order valence-corrected chi connectivity index (χ4v) is 15.1. The van der Waals surface area contributed by atoms with E-state index in [-0.39, 0.29) is 22.1 Å². The van der Waals surface area contributed by atoms with Crippen LogP contribution in [-0.4, -0.2) is 130 Å². The van der Waals surface area contributed by atoms with E-state index >= 15 is 0 Å². The van der Waals surface area contributed by atoms with Crippen LogP contribution in [0.4, 0.5) is 0 Å². The van der Waals surface area contributed by atoms with E-state index in [1.165, 1.54) is 47.0 Å². The molecule has 0 fully saturated rings. The van der Waals surface area contributed by atoms with Crippen LogP contribution in [0.25, 0.3) is 0 Å². The highest BCUT2D eigenvalue weighted by Crippen LogP contribution is 2.19. The molecule has 18 heteroatoms. The Kier molecular flexibility index (Phi) is 35.6. The molecule has 0 saturated carbocycles. The van der Waals surface area contributed by atoms with Gasteiger partial charge in [0.1, 0.15) is 0 Å². The van der Waals surface area contributed by atoms with Crippen molar-refractivity contribution >= 4 is 149 Å². The van der Waals surface area contributed by atoms with Crippen LogP contribution in [0, 0.1) is 0 Å². The van der Waals surface area contributed by atoms with Gasteiger partial charge in [0.05, 0.1) is 33.6 Å². The van der Waals surface area contributed by atoms with Crippen LogP contribution in [0.3, 0.4) is 0 Å². The summed E-state index contributed by atoms with van der Waals surface area (Å²) in [6.07, 6.45) is 0. The Bertz CT molecular complexity index is 631. The number of hydrogen-bond acceptors (Lipinski definition) is 16. The van der Waals surface area contributed by atoms with Crippen molar-refractivity contribution in [2.75, 3.05) is 101 Å². The topological polar surface area (TPSA) is 109 Å². The number of aliphatic hydroxyl groups is 2. The van der Waals surface area contributed by atoms with Crippen molar-refractivity contribution in [1.82, 2.24) is 0 Å². The molecule has 38 heavy (non-hydrogen) atoms. The smallest absolute Gasteiger partial charge is 0.199 e. The summed E-state index contributed by atoms with van der Waals surface area (Å²) in [5.74, 6) is 9.79. The van der Waals surface area contributed by atoms with E-state index in [0.717, 1.165) is 51.1 Å². The van der Waals surface area contributed by atoms with E-state index in [1.54, 1.807) is 70.6 Å². The molecule has 0 rings (SSSR count). The molecular weight excluding hydrogens is 721 g/mol. The number of hydrogen-bond donors (Lipinski definition) is 2. The summed E-state index contributed by atoms with van der Waals surface area (Å²) in [5, 5.41) is 20.2. The van der Waals surface area contributed by atoms with Gasteiger partial charge >= 0.3 is 0 Å². The van der Waals surface area contributed by atoms with Gasteiger partial charge in [-0.1, -0.05) is 23.5 Å². The first-order valence-corrected chi connectivity index (χ1v) is 25.5. The number of rotatable bonds is 29. The van der Waals surface area contributed by atoms with Crippen LogP contribution in [0.2, 0.25) is 0 Å². The predicted octanol–water partition coefficient (Wildman–Crippen LogP) is 4.60. The molecule has 0 aromatic rings. The van der Waals surface area contributed by atoms with Crippen molar-refractivity contribution in [1.29, 1.82) is 0 Å². The molecule has 226 valence electrons. The normalized spacial score (nSPS) is 13.0. The Morgan fingerprint density at radius 3 is 1.45 bits per heavy atom. The summed E-state index contributed by atoms with van der Waals surface area (Å²) < 4.78 is 23.7. The lowest BCUT2D eigenvalue weighted by Gasteiger charge is -2.04. The van der Waals surface area contributed by atoms with Crippen LogP contribution < -0.4 is 0 Å². The molecule has 0 aliphatic carbocycles. The lowest BCUT2D eigenvalue weighted by molar-refractivity contribution is -0.109. The standard InChI is InChI=1S/C20H38O6S12/c21-13-33-16-36-20(24)12-30-4-1-27-7-9-37(25)17-32-6-5-31-15-35-19(23)11-29-3-2-28-8-10-38(26)18-34-14-22/h21-22H,1-18H2. The second-order valence-electron chi connectivity index (χ2n) is 6.60. The first-order valence-electron chi connectivity index (χ1n) is 11.3. The third-order valence-electron chi connectivity index (χ3n) is 3.69. The second-order valence-corrected chi connectivity index (χ2v) is 22.1. The number of carbonyl (C=O) groups is 2. The van der Waals surface area contributed by atoms with Crippen LogP contribution in [0.15, 0.2) is 0 Å². The van der Waals surface area contributed by atoms with E-state index < -0.39 is 21.6 Å². The number of thioether (sulfide) groups is 10. The average molecular weight is 759 g/mol. The lowest BCUT2D eigenvalue weighted by Crippen LogP contribution is -2.04. The molecular formula is C20H38O6S12. The summed E-state index contributed by atoms with van der Waals surface area (Å²) in [6.45, 7) is 0. The molecule has 0 aromatic heterocycles. The summed E-state index contributed by atoms with van der Waals surface area (Å²) in [4.78, 5) is 23.5. The van der Waals surface area contributed by atoms with Gasteiger partial charge < -0.3 is 10.2 Å². The predicted molar refractivity (Wildman–Crippen MR) is 194 cm³/mol. The fourth-order valence-electron chi connectivity index (χ4n) is 1.97. The summed E-state index contributed by atoms with van der Waals surface area (Å²) in [6, 6.07) is 0. The molecule has 0 spiro atoms. The van der Waals surface area contributed by atoms with Crippen molar-refractivity contribution in [2.45, 2.75) is 0 Å². The molecule has 0 radical (unpaired) electrons. The Morgan fingerprint density at radius 2 is 0.921 bits per heavy atom. The Hall–Kier alpha value is 3.06. The van der Waals surface area contributed by atoms with Gasteiger partial charge in [0.15, 0.2) is 10.2 Å². The number of aliphatic hydroxyl groups excluding tert-OH is 2. The molecule has 0 amide bonds. The van der Waals surface area contributed by atoms with E-state index in [4.69, 9.17) is 10.2 Å². The zero-order chi connectivity index (χ0) is 28.1. The van der Waals surface area contributed by atoms with Crippen molar-refractivity contribution in [3.05, 3.63) is 0 Å². The molecule has 6 nitrogen and oxygen atoms in total. The molecule has 2 N–H and O–H groups in total. The first kappa shape index (κ1) is 41.1. The van der Waals surface area contributed by atoms with Gasteiger partial charge in [-0.15, -0.1) is 47.0 Å². The summed E-state index contributed by atoms with van der Waals surface area (Å²) in [5.41, 5.74) is 0. The highest BCUT2D eigenvalue weighted by Gasteiger charge is 2.06. The van der Waals surface area contributed by atoms with Crippen LogP contribution >= 0.6 is 118 Å². The van der Waals surface area contributed by atoms with Gasteiger partial charge in [-0.3, -0.25) is 18.0 Å². The lowest BCUT2D eigenvalue weighted by atomic mass is 10.9. The van der Waals surface area contributed by atoms with Crippen LogP contribution in [0.5, 0.6) is 0 Å². The summed E-state index contributed by atoms with van der Waals surface area (Å²) in [7, 11) is -1.67. The first-order chi connectivity index (χ1) is 18.5. The molecule has 0 aliphatic rings. The van der Waals surface area contributed by atoms with E-state index in [2.05, 4.69) is 0 Å². The van der Waals surface area contributed by atoms with E-state index in [9.17, 15) is 18.0 Å². The Labute approximate surface area is 276 Å². The van der Waals surface area contributed by atoms with Crippen molar-refractivity contribution in [3.8, 4) is 0 Å². The fraction of sp³-hybridized carbons (Fsp3) is 0.900. The highest BCUT2D eigenvalue weighted by molar-refractivity contribution is 8.25. The largest absolute Gasteiger partial charge is 0.386 e. The maximum absolute atomic E-state index is 12.1. The third-order valence-corrected chi connectivity index (χ3v) is 18.5. The van der Waals surface area contributed by atoms with Gasteiger partial charge in [-0.25, -0.2) is 0 Å². The van der Waals surface area contributed by atoms with Gasteiger partial charge in [0.2, 0.25) is 0 Å². The van der Waals surface area contributed by atoms with Crippen molar-refractivity contribution in [3.63, 3.8) is 0 Å². The zero-order valence-electron chi connectivity index (χ0n) is 21.2. The zero-order valence-corrected chi connectivity index (χ0v) is 31.0. The van der Waals surface area contributed by atoms with Crippen LogP contribution in [-0.2, 0) is 31.2 Å². The number of carbonyl (C=O) groups excluding carboxylic acids is 2. The average Bonchev–Trinajstić information content (AvgIpc) is 2.90. The molecule has 0 heterocycles. The molecule has 0 aromatic carbocycles. The Morgan fingerprint density at radius 1 is 0.500 bits per heavy atom. The minimum Gasteiger partial charge on any atom is -0.386 e. The quantitative estimate of drug-likeness (QED) is 0.0819.